The number of aromatic nitrogens is 2. The number of aryl methyl sites for hydroxylation is 1. The molecule has 2 aromatic carbocycles. The number of benzene rings is 2. The highest BCUT2D eigenvalue weighted by molar-refractivity contribution is 7.99. The second kappa shape index (κ2) is 12.6. The van der Waals surface area contributed by atoms with E-state index in [1.165, 1.54) is 28.7 Å². The Morgan fingerprint density at radius 3 is 2.56 bits per heavy atom. The van der Waals surface area contributed by atoms with Crippen molar-refractivity contribution < 1.29 is 9.59 Å². The van der Waals surface area contributed by atoms with Crippen LogP contribution in [-0.2, 0) is 17.9 Å². The van der Waals surface area contributed by atoms with Gasteiger partial charge in [-0.25, -0.2) is 4.98 Å². The van der Waals surface area contributed by atoms with Gasteiger partial charge in [0.25, 0.3) is 5.56 Å². The van der Waals surface area contributed by atoms with Crippen LogP contribution in [-0.4, -0.2) is 27.0 Å². The molecule has 0 aliphatic heterocycles. The third-order valence-electron chi connectivity index (χ3n) is 5.85. The number of carbonyl (C=O) groups excluding carboxylic acids is 2. The summed E-state index contributed by atoms with van der Waals surface area (Å²) in [4.78, 5) is 42.6. The predicted molar refractivity (Wildman–Crippen MR) is 147 cm³/mol. The van der Waals surface area contributed by atoms with Gasteiger partial charge >= 0.3 is 0 Å². The van der Waals surface area contributed by atoms with Gasteiger partial charge in [0.2, 0.25) is 5.91 Å². The number of amides is 1. The van der Waals surface area contributed by atoms with Crippen molar-refractivity contribution in [2.45, 2.75) is 50.9 Å². The quantitative estimate of drug-likeness (QED) is 0.114. The zero-order chi connectivity index (χ0) is 25.3. The zero-order valence-electron chi connectivity index (χ0n) is 20.2. The molecule has 0 fully saturated rings. The zero-order valence-corrected chi connectivity index (χ0v) is 21.9. The number of unbranched alkanes of at least 4 members (excludes halogenated alkanes) is 2. The van der Waals surface area contributed by atoms with Gasteiger partial charge in [-0.05, 0) is 36.8 Å². The highest BCUT2D eigenvalue weighted by Gasteiger charge is 2.15. The van der Waals surface area contributed by atoms with Gasteiger partial charge in [-0.1, -0.05) is 78.3 Å². The summed E-state index contributed by atoms with van der Waals surface area (Å²) >= 11 is 2.68. The number of rotatable bonds is 12. The summed E-state index contributed by atoms with van der Waals surface area (Å²) in [5.41, 5.74) is 3.53. The van der Waals surface area contributed by atoms with Crippen molar-refractivity contribution in [3.63, 3.8) is 0 Å². The van der Waals surface area contributed by atoms with Crippen LogP contribution in [0.15, 0.2) is 76.0 Å². The van der Waals surface area contributed by atoms with Crippen molar-refractivity contribution in [1.82, 2.24) is 14.9 Å². The molecule has 4 rings (SSSR count). The SMILES string of the molecule is Cc1ccc(CNC(=O)CCCCCn2c(SCC(=O)c3ccccc3)nc3ccsc3c2=O)cc1. The smallest absolute Gasteiger partial charge is 0.272 e. The average molecular weight is 520 g/mol. The molecule has 36 heavy (non-hydrogen) atoms. The van der Waals surface area contributed by atoms with Crippen LogP contribution < -0.4 is 10.9 Å². The van der Waals surface area contributed by atoms with Crippen LogP contribution in [0.3, 0.4) is 0 Å². The average Bonchev–Trinajstić information content (AvgIpc) is 3.37. The monoisotopic (exact) mass is 519 g/mol. The fraction of sp³-hybridized carbons (Fsp3) is 0.286. The second-order valence-electron chi connectivity index (χ2n) is 8.64. The van der Waals surface area contributed by atoms with Gasteiger partial charge in [0.05, 0.1) is 11.3 Å². The summed E-state index contributed by atoms with van der Waals surface area (Å²) < 4.78 is 2.31. The normalized spacial score (nSPS) is 11.0. The molecule has 0 aliphatic rings. The third kappa shape index (κ3) is 6.92. The van der Waals surface area contributed by atoms with E-state index in [-0.39, 0.29) is 23.0 Å². The Morgan fingerprint density at radius 2 is 1.78 bits per heavy atom. The molecule has 6 nitrogen and oxygen atoms in total. The third-order valence-corrected chi connectivity index (χ3v) is 7.72. The lowest BCUT2D eigenvalue weighted by molar-refractivity contribution is -0.121. The number of carbonyl (C=O) groups is 2. The molecule has 0 radical (unpaired) electrons. The molecular formula is C28H29N3O3S2. The van der Waals surface area contributed by atoms with Crippen LogP contribution >= 0.6 is 23.1 Å². The van der Waals surface area contributed by atoms with E-state index < -0.39 is 0 Å². The minimum atomic E-state index is -0.0690. The van der Waals surface area contributed by atoms with Crippen molar-refractivity contribution in [3.8, 4) is 0 Å². The molecular weight excluding hydrogens is 490 g/mol. The van der Waals surface area contributed by atoms with Crippen molar-refractivity contribution in [2.75, 3.05) is 5.75 Å². The maximum absolute atomic E-state index is 13.1. The summed E-state index contributed by atoms with van der Waals surface area (Å²) in [6.45, 7) is 3.08. The van der Waals surface area contributed by atoms with E-state index in [2.05, 4.69) is 10.3 Å². The number of thioether (sulfide) groups is 1. The molecule has 0 spiro atoms. The molecule has 1 amide bonds. The van der Waals surface area contributed by atoms with Crippen molar-refractivity contribution in [2.24, 2.45) is 0 Å². The van der Waals surface area contributed by atoms with Crippen molar-refractivity contribution >= 4 is 45.0 Å². The molecule has 0 aliphatic carbocycles. The van der Waals surface area contributed by atoms with Crippen molar-refractivity contribution in [1.29, 1.82) is 0 Å². The maximum Gasteiger partial charge on any atom is 0.272 e. The fourth-order valence-electron chi connectivity index (χ4n) is 3.80. The number of Topliss-reactive ketones (excluding diaryl/α,β-unsaturated/α-hetero) is 1. The molecule has 0 saturated carbocycles. The molecule has 0 unspecified atom stereocenters. The van der Waals surface area contributed by atoms with E-state index in [0.29, 0.717) is 40.4 Å². The van der Waals surface area contributed by atoms with Crippen LogP contribution in [0.25, 0.3) is 10.2 Å². The number of hydrogen-bond donors (Lipinski definition) is 1. The van der Waals surface area contributed by atoms with Gasteiger partial charge < -0.3 is 5.32 Å². The Bertz CT molecular complexity index is 1380. The van der Waals surface area contributed by atoms with Gasteiger partial charge in [-0.3, -0.25) is 19.0 Å². The van der Waals surface area contributed by atoms with Crippen LogP contribution in [0.1, 0.15) is 47.2 Å². The van der Waals surface area contributed by atoms with Crippen LogP contribution in [0.2, 0.25) is 0 Å². The number of thiophene rings is 1. The number of hydrogen-bond acceptors (Lipinski definition) is 6. The fourth-order valence-corrected chi connectivity index (χ4v) is 5.49. The summed E-state index contributed by atoms with van der Waals surface area (Å²) in [6, 6.07) is 19.1. The lowest BCUT2D eigenvalue weighted by Gasteiger charge is -2.12. The molecule has 0 atom stereocenters. The van der Waals surface area contributed by atoms with E-state index in [1.54, 1.807) is 16.7 Å². The molecule has 2 aromatic heterocycles. The van der Waals surface area contributed by atoms with Gasteiger partial charge in [-0.15, -0.1) is 11.3 Å². The Labute approximate surface area is 218 Å². The first-order valence-corrected chi connectivity index (χ1v) is 13.9. The summed E-state index contributed by atoms with van der Waals surface area (Å²) in [5, 5.41) is 5.39. The minimum absolute atomic E-state index is 0.00321. The lowest BCUT2D eigenvalue weighted by atomic mass is 10.1. The Balaban J connectivity index is 1.30. The van der Waals surface area contributed by atoms with Crippen LogP contribution in [0, 0.1) is 6.92 Å². The maximum atomic E-state index is 13.1. The van der Waals surface area contributed by atoms with E-state index in [4.69, 9.17) is 0 Å². The summed E-state index contributed by atoms with van der Waals surface area (Å²) in [7, 11) is 0. The van der Waals surface area contributed by atoms with Crippen LogP contribution in [0.4, 0.5) is 0 Å². The predicted octanol–water partition coefficient (Wildman–Crippen LogP) is 5.62. The number of ketones is 1. The highest BCUT2D eigenvalue weighted by atomic mass is 32.2. The topological polar surface area (TPSA) is 81.1 Å². The first kappa shape index (κ1) is 25.9. The number of nitrogens with zero attached hydrogens (tertiary/aromatic N) is 2. The van der Waals surface area contributed by atoms with Gasteiger partial charge in [0, 0.05) is 25.1 Å². The summed E-state index contributed by atoms with van der Waals surface area (Å²) in [5.74, 6) is 0.251. The Hall–Kier alpha value is -3.23. The van der Waals surface area contributed by atoms with Gasteiger partial charge in [0.1, 0.15) is 4.70 Å². The molecule has 4 aromatic rings. The van der Waals surface area contributed by atoms with E-state index >= 15 is 0 Å². The Morgan fingerprint density at radius 1 is 1.00 bits per heavy atom. The number of fused-ring (bicyclic) bond motifs is 1. The largest absolute Gasteiger partial charge is 0.352 e. The molecule has 0 saturated heterocycles. The Kier molecular flexibility index (Phi) is 9.08. The van der Waals surface area contributed by atoms with Gasteiger partial charge in [-0.2, -0.15) is 0 Å². The standard InChI is InChI=1S/C28H29N3O3S2/c1-20-11-13-21(14-12-20)18-29-25(33)10-6-3-7-16-31-27(34)26-23(15-17-35-26)30-28(31)36-19-24(32)22-8-4-2-5-9-22/h2,4-5,8-9,11-15,17H,3,6-7,10,16,18-19H2,1H3,(H,29,33). The molecule has 8 heteroatoms. The molecule has 2 heterocycles. The van der Waals surface area contributed by atoms with E-state index in [9.17, 15) is 14.4 Å². The van der Waals surface area contributed by atoms with Gasteiger partial charge in [0.15, 0.2) is 10.9 Å². The van der Waals surface area contributed by atoms with Crippen LogP contribution in [0.5, 0.6) is 0 Å². The first-order chi connectivity index (χ1) is 17.5. The molecule has 186 valence electrons. The number of nitrogens with one attached hydrogen (secondary N) is 1. The highest BCUT2D eigenvalue weighted by Crippen LogP contribution is 2.22. The minimum Gasteiger partial charge on any atom is -0.352 e. The molecule has 1 N–H and O–H groups in total. The van der Waals surface area contributed by atoms with E-state index in [0.717, 1.165) is 24.8 Å². The van der Waals surface area contributed by atoms with Crippen molar-refractivity contribution in [3.05, 3.63) is 93.1 Å². The second-order valence-corrected chi connectivity index (χ2v) is 10.5. The molecule has 0 bridgehead atoms. The van der Waals surface area contributed by atoms with E-state index in [1.807, 2.05) is 60.8 Å². The first-order valence-electron chi connectivity index (χ1n) is 12.0. The summed E-state index contributed by atoms with van der Waals surface area (Å²) in [6.07, 6.45) is 2.78. The lowest BCUT2D eigenvalue weighted by Crippen LogP contribution is -2.23.